The summed E-state index contributed by atoms with van der Waals surface area (Å²) in [5.74, 6) is 2.07. The number of aliphatic hydroxyl groups is 1. The summed E-state index contributed by atoms with van der Waals surface area (Å²) >= 11 is 1.79. The molecule has 2 N–H and O–H groups in total. The molecule has 0 spiro atoms. The molecule has 1 fully saturated rings. The van der Waals surface area contributed by atoms with Gasteiger partial charge >= 0.3 is 5.97 Å². The highest BCUT2D eigenvalue weighted by Crippen LogP contribution is 2.21. The molecule has 1 rings (SSSR count). The third-order valence-electron chi connectivity index (χ3n) is 2.85. The van der Waals surface area contributed by atoms with E-state index in [1.54, 1.807) is 11.8 Å². The van der Waals surface area contributed by atoms with Crippen LogP contribution in [0.1, 0.15) is 33.1 Å². The zero-order valence-corrected chi connectivity index (χ0v) is 12.2. The van der Waals surface area contributed by atoms with E-state index in [9.17, 15) is 4.79 Å². The first kappa shape index (κ1) is 15.8. The second-order valence-corrected chi connectivity index (χ2v) is 6.05. The fraction of sp³-hybridized carbons (Fsp3) is 0.923. The molecular weight excluding hydrogens is 250 g/mol. The minimum absolute atomic E-state index is 0.125. The van der Waals surface area contributed by atoms with Gasteiger partial charge < -0.3 is 15.2 Å². The molecule has 0 heterocycles. The van der Waals surface area contributed by atoms with Crippen LogP contribution in [0.15, 0.2) is 0 Å². The van der Waals surface area contributed by atoms with Gasteiger partial charge in [-0.15, -0.1) is 0 Å². The van der Waals surface area contributed by atoms with Crippen molar-refractivity contribution in [2.24, 2.45) is 5.92 Å². The predicted molar refractivity (Wildman–Crippen MR) is 74.8 cm³/mol. The number of ether oxygens (including phenoxy) is 1. The molecule has 106 valence electrons. The van der Waals surface area contributed by atoms with Gasteiger partial charge in [-0.25, -0.2) is 0 Å². The molecule has 18 heavy (non-hydrogen) atoms. The van der Waals surface area contributed by atoms with Crippen LogP contribution in [0.2, 0.25) is 0 Å². The third kappa shape index (κ3) is 6.61. The number of nitrogens with one attached hydrogen (secondary N) is 1. The van der Waals surface area contributed by atoms with Crippen LogP contribution in [0.5, 0.6) is 0 Å². The van der Waals surface area contributed by atoms with Gasteiger partial charge in [-0.3, -0.25) is 4.79 Å². The van der Waals surface area contributed by atoms with E-state index in [0.717, 1.165) is 17.9 Å². The molecule has 1 aliphatic carbocycles. The van der Waals surface area contributed by atoms with Gasteiger partial charge in [0.2, 0.25) is 0 Å². The van der Waals surface area contributed by atoms with Gasteiger partial charge in [0.05, 0.1) is 6.61 Å². The van der Waals surface area contributed by atoms with Crippen molar-refractivity contribution < 1.29 is 14.6 Å². The van der Waals surface area contributed by atoms with E-state index in [-0.39, 0.29) is 18.6 Å². The Bertz CT molecular complexity index is 246. The van der Waals surface area contributed by atoms with E-state index in [2.05, 4.69) is 5.32 Å². The summed E-state index contributed by atoms with van der Waals surface area (Å²) in [6, 6.07) is 0.357. The largest absolute Gasteiger partial charge is 0.465 e. The summed E-state index contributed by atoms with van der Waals surface area (Å²) in [7, 11) is 0. The van der Waals surface area contributed by atoms with Crippen molar-refractivity contribution in [3.05, 3.63) is 0 Å². The number of rotatable bonds is 10. The SMILES string of the molecule is CCOC(=O)C(CCSCC(C)CO)NC1CC1. The van der Waals surface area contributed by atoms with Crippen LogP contribution < -0.4 is 5.32 Å². The van der Waals surface area contributed by atoms with Gasteiger partial charge in [0.25, 0.3) is 0 Å². The molecule has 2 atom stereocenters. The second-order valence-electron chi connectivity index (χ2n) is 4.90. The Labute approximate surface area is 114 Å². The Balaban J connectivity index is 2.20. The van der Waals surface area contributed by atoms with Crippen LogP contribution >= 0.6 is 11.8 Å². The standard InChI is InChI=1S/C13H25NO3S/c1-3-17-13(16)12(14-11-4-5-11)6-7-18-9-10(2)8-15/h10-12,14-15H,3-9H2,1-2H3. The molecule has 2 unspecified atom stereocenters. The Kier molecular flexibility index (Phi) is 7.70. The highest BCUT2D eigenvalue weighted by Gasteiger charge is 2.28. The van der Waals surface area contributed by atoms with Gasteiger partial charge in [-0.1, -0.05) is 6.92 Å². The lowest BCUT2D eigenvalue weighted by Gasteiger charge is -2.17. The predicted octanol–water partition coefficient (Wildman–Crippen LogP) is 1.42. The first-order chi connectivity index (χ1) is 8.67. The Morgan fingerprint density at radius 2 is 2.28 bits per heavy atom. The van der Waals surface area contributed by atoms with Crippen molar-refractivity contribution in [3.8, 4) is 0 Å². The number of thioether (sulfide) groups is 1. The maximum atomic E-state index is 11.8. The summed E-state index contributed by atoms with van der Waals surface area (Å²) in [5.41, 5.74) is 0. The molecule has 0 aliphatic heterocycles. The van der Waals surface area contributed by atoms with Crippen LogP contribution in [-0.2, 0) is 9.53 Å². The lowest BCUT2D eigenvalue weighted by molar-refractivity contribution is -0.145. The molecule has 1 saturated carbocycles. The van der Waals surface area contributed by atoms with E-state index >= 15 is 0 Å². The number of aliphatic hydroxyl groups excluding tert-OH is 1. The van der Waals surface area contributed by atoms with Gasteiger partial charge in [0.15, 0.2) is 0 Å². The van der Waals surface area contributed by atoms with Crippen LogP contribution in [0.3, 0.4) is 0 Å². The normalized spacial score (nSPS) is 18.4. The molecule has 0 aromatic rings. The first-order valence-electron chi connectivity index (χ1n) is 6.78. The summed E-state index contributed by atoms with van der Waals surface area (Å²) in [6.07, 6.45) is 3.15. The molecule has 4 nitrogen and oxygen atoms in total. The van der Waals surface area contributed by atoms with Crippen molar-refractivity contribution in [1.82, 2.24) is 5.32 Å². The molecule has 1 aliphatic rings. The van der Waals surface area contributed by atoms with Crippen LogP contribution in [-0.4, -0.2) is 47.9 Å². The Morgan fingerprint density at radius 1 is 1.56 bits per heavy atom. The molecular formula is C13H25NO3S. The number of hydrogen-bond acceptors (Lipinski definition) is 5. The average Bonchev–Trinajstić information content (AvgIpc) is 3.16. The summed E-state index contributed by atoms with van der Waals surface area (Å²) < 4.78 is 5.08. The van der Waals surface area contributed by atoms with E-state index < -0.39 is 0 Å². The van der Waals surface area contributed by atoms with E-state index in [0.29, 0.717) is 18.6 Å². The molecule has 0 bridgehead atoms. The highest BCUT2D eigenvalue weighted by atomic mass is 32.2. The van der Waals surface area contributed by atoms with Crippen molar-refractivity contribution in [2.45, 2.75) is 45.2 Å². The van der Waals surface area contributed by atoms with Crippen LogP contribution in [0.25, 0.3) is 0 Å². The second kappa shape index (κ2) is 8.77. The number of carbonyl (C=O) groups is 1. The maximum Gasteiger partial charge on any atom is 0.323 e. The molecule has 0 aromatic carbocycles. The lowest BCUT2D eigenvalue weighted by atomic mass is 10.2. The van der Waals surface area contributed by atoms with Crippen molar-refractivity contribution in [2.75, 3.05) is 24.7 Å². The average molecular weight is 275 g/mol. The summed E-state index contributed by atoms with van der Waals surface area (Å²) in [6.45, 7) is 4.53. The lowest BCUT2D eigenvalue weighted by Crippen LogP contribution is -2.39. The highest BCUT2D eigenvalue weighted by molar-refractivity contribution is 7.99. The number of carbonyl (C=O) groups excluding carboxylic acids is 1. The Hall–Kier alpha value is -0.260. The fourth-order valence-electron chi connectivity index (χ4n) is 1.59. The van der Waals surface area contributed by atoms with Crippen LogP contribution in [0.4, 0.5) is 0 Å². The number of hydrogen-bond donors (Lipinski definition) is 2. The zero-order chi connectivity index (χ0) is 13.4. The van der Waals surface area contributed by atoms with Crippen molar-refractivity contribution in [3.63, 3.8) is 0 Å². The van der Waals surface area contributed by atoms with Crippen molar-refractivity contribution in [1.29, 1.82) is 0 Å². The third-order valence-corrected chi connectivity index (χ3v) is 4.18. The van der Waals surface area contributed by atoms with Crippen LogP contribution in [0, 0.1) is 5.92 Å². The minimum atomic E-state index is -0.158. The first-order valence-corrected chi connectivity index (χ1v) is 7.94. The molecule has 0 radical (unpaired) electrons. The monoisotopic (exact) mass is 275 g/mol. The number of esters is 1. The summed E-state index contributed by atoms with van der Waals surface area (Å²) in [5, 5.41) is 12.3. The fourth-order valence-corrected chi connectivity index (χ4v) is 2.66. The molecule has 0 amide bonds. The van der Waals surface area contributed by atoms with E-state index in [1.807, 2.05) is 13.8 Å². The van der Waals surface area contributed by atoms with Gasteiger partial charge in [-0.05, 0) is 43.6 Å². The minimum Gasteiger partial charge on any atom is -0.465 e. The summed E-state index contributed by atoms with van der Waals surface area (Å²) in [4.78, 5) is 11.8. The quantitative estimate of drug-likeness (QED) is 0.466. The van der Waals surface area contributed by atoms with E-state index in [1.165, 1.54) is 12.8 Å². The van der Waals surface area contributed by atoms with Crippen molar-refractivity contribution >= 4 is 17.7 Å². The molecule has 0 saturated heterocycles. The zero-order valence-electron chi connectivity index (χ0n) is 11.4. The van der Waals surface area contributed by atoms with E-state index in [4.69, 9.17) is 9.84 Å². The van der Waals surface area contributed by atoms with Gasteiger partial charge in [0, 0.05) is 12.6 Å². The maximum absolute atomic E-state index is 11.8. The Morgan fingerprint density at radius 3 is 2.83 bits per heavy atom. The molecule has 5 heteroatoms. The topological polar surface area (TPSA) is 58.6 Å². The molecule has 0 aromatic heterocycles. The smallest absolute Gasteiger partial charge is 0.323 e. The van der Waals surface area contributed by atoms with Gasteiger partial charge in [-0.2, -0.15) is 11.8 Å². The van der Waals surface area contributed by atoms with Gasteiger partial charge in [0.1, 0.15) is 6.04 Å².